The van der Waals surface area contributed by atoms with Gasteiger partial charge >= 0.3 is 5.97 Å². The Morgan fingerprint density at radius 3 is 2.42 bits per heavy atom. The molecule has 3 aromatic rings. The number of carboxylic acids is 2. The fourth-order valence-corrected chi connectivity index (χ4v) is 4.16. The molecule has 4 rings (SSSR count). The van der Waals surface area contributed by atoms with Crippen LogP contribution in [0, 0.1) is 5.41 Å². The maximum Gasteiger partial charge on any atom is 0.328 e. The number of pyridine rings is 1. The van der Waals surface area contributed by atoms with Crippen molar-refractivity contribution in [3.8, 4) is 0 Å². The molecule has 1 aliphatic rings. The van der Waals surface area contributed by atoms with Gasteiger partial charge < -0.3 is 25.4 Å². The highest BCUT2D eigenvalue weighted by atomic mass is 16.4. The molecule has 33 heavy (non-hydrogen) atoms. The molecular formula is C26H28N2O5. The van der Waals surface area contributed by atoms with Gasteiger partial charge in [0, 0.05) is 11.6 Å². The zero-order chi connectivity index (χ0) is 24.0. The van der Waals surface area contributed by atoms with Crippen molar-refractivity contribution in [2.75, 3.05) is 0 Å². The first kappa shape index (κ1) is 24.1. The third-order valence-electron chi connectivity index (χ3n) is 5.52. The van der Waals surface area contributed by atoms with Crippen LogP contribution in [0.1, 0.15) is 43.2 Å². The van der Waals surface area contributed by atoms with E-state index in [0.717, 1.165) is 47.2 Å². The second-order valence-corrected chi connectivity index (χ2v) is 8.85. The Hall–Kier alpha value is -3.55. The molecule has 172 valence electrons. The average Bonchev–Trinajstić information content (AvgIpc) is 2.75. The van der Waals surface area contributed by atoms with Crippen molar-refractivity contribution in [1.82, 2.24) is 4.98 Å². The highest BCUT2D eigenvalue weighted by Crippen LogP contribution is 2.43. The number of carboxylic acid groups (broad SMARTS) is 2. The molecule has 0 saturated carbocycles. The van der Waals surface area contributed by atoms with E-state index in [4.69, 9.17) is 10.1 Å². The van der Waals surface area contributed by atoms with Crippen LogP contribution < -0.4 is 10.4 Å². The Labute approximate surface area is 192 Å². The third-order valence-corrected chi connectivity index (χ3v) is 5.52. The predicted molar refractivity (Wildman–Crippen MR) is 122 cm³/mol. The highest BCUT2D eigenvalue weighted by Gasteiger charge is 2.36. The summed E-state index contributed by atoms with van der Waals surface area (Å²) >= 11 is 0. The molecule has 4 N–H and O–H groups in total. The quantitative estimate of drug-likeness (QED) is 0.513. The first-order valence-corrected chi connectivity index (χ1v) is 10.7. The van der Waals surface area contributed by atoms with Crippen LogP contribution in [0.15, 0.2) is 66.7 Å². The van der Waals surface area contributed by atoms with Crippen LogP contribution >= 0.6 is 0 Å². The van der Waals surface area contributed by atoms with Gasteiger partial charge in [-0.05, 0) is 36.5 Å². The van der Waals surface area contributed by atoms with E-state index < -0.39 is 18.0 Å². The van der Waals surface area contributed by atoms with Crippen LogP contribution in [0.4, 0.5) is 5.69 Å². The number of para-hydroxylation sites is 1. The van der Waals surface area contributed by atoms with E-state index in [2.05, 4.69) is 61.6 Å². The molecule has 1 unspecified atom stereocenters. The zero-order valence-corrected chi connectivity index (χ0v) is 18.7. The monoisotopic (exact) mass is 448 g/mol. The van der Waals surface area contributed by atoms with Crippen LogP contribution in [-0.2, 0) is 22.6 Å². The summed E-state index contributed by atoms with van der Waals surface area (Å²) in [6.07, 6.45) is 2.19. The maximum absolute atomic E-state index is 10.9. The van der Waals surface area contributed by atoms with E-state index in [-0.39, 0.29) is 5.41 Å². The van der Waals surface area contributed by atoms with Gasteiger partial charge in [0.25, 0.3) is 0 Å². The van der Waals surface area contributed by atoms with Gasteiger partial charge in [-0.3, -0.25) is 4.98 Å². The first-order chi connectivity index (χ1) is 15.7. The number of aliphatic hydroxyl groups excluding tert-OH is 1. The van der Waals surface area contributed by atoms with Crippen LogP contribution in [0.25, 0.3) is 10.9 Å². The topological polar surface area (TPSA) is 127 Å². The van der Waals surface area contributed by atoms with Crippen LogP contribution in [0.3, 0.4) is 0 Å². The number of hydrogen-bond donors (Lipinski definition) is 3. The average molecular weight is 449 g/mol. The van der Waals surface area contributed by atoms with Crippen molar-refractivity contribution < 1.29 is 30.2 Å². The minimum atomic E-state index is -1.51. The number of nitrogens with two attached hydrogens (primary N) is 1. The van der Waals surface area contributed by atoms with E-state index in [1.54, 1.807) is 0 Å². The van der Waals surface area contributed by atoms with Crippen LogP contribution in [-0.4, -0.2) is 27.1 Å². The molecular weight excluding hydrogens is 420 g/mol. The van der Waals surface area contributed by atoms with E-state index in [1.807, 2.05) is 12.1 Å². The standard InChI is InChI=1S/C22H24N2O.C4H4O4/c1-22(2)12-18-20(19(25)13-22)21(16-10-6-7-11-17(16)24-18)23-14-15-8-4-3-5-9-15;5-3(6)1-2-4(7)8/h3-11,19,25H,12-14H2,1-2H3,(H,23,24);1-2H,(H,5,6)(H,7,8)/b;2-1+. The summed E-state index contributed by atoms with van der Waals surface area (Å²) in [5.74, 6) is -2.80. The van der Waals surface area contributed by atoms with Gasteiger partial charge in [0.15, 0.2) is 0 Å². The number of benzene rings is 2. The van der Waals surface area contributed by atoms with Gasteiger partial charge in [-0.25, -0.2) is 4.79 Å². The summed E-state index contributed by atoms with van der Waals surface area (Å²) in [4.78, 5) is 23.9. The van der Waals surface area contributed by atoms with Gasteiger partial charge in [-0.2, -0.15) is 0 Å². The Bertz CT molecular complexity index is 1160. The lowest BCUT2D eigenvalue weighted by Gasteiger charge is -2.34. The largest absolute Gasteiger partial charge is 0.545 e. The third kappa shape index (κ3) is 6.47. The number of quaternary nitrogens is 1. The molecule has 0 fully saturated rings. The molecule has 0 bridgehead atoms. The summed E-state index contributed by atoms with van der Waals surface area (Å²) in [5, 5.41) is 31.5. The molecule has 1 aliphatic carbocycles. The Kier molecular flexibility index (Phi) is 7.58. The Balaban J connectivity index is 0.000000331. The van der Waals surface area contributed by atoms with Gasteiger partial charge in [-0.15, -0.1) is 0 Å². The summed E-state index contributed by atoms with van der Waals surface area (Å²) in [7, 11) is 0. The lowest BCUT2D eigenvalue weighted by atomic mass is 9.74. The van der Waals surface area contributed by atoms with Gasteiger partial charge in [-0.1, -0.05) is 56.3 Å². The SMILES string of the molecule is CC1(C)Cc2nc3ccccc3c([NH2+]Cc3ccccc3)c2C(O)C1.O=C([O-])/C=C/C(=O)O. The van der Waals surface area contributed by atoms with E-state index in [1.165, 1.54) is 5.56 Å². The number of carbonyl (C=O) groups is 2. The minimum Gasteiger partial charge on any atom is -0.545 e. The first-order valence-electron chi connectivity index (χ1n) is 10.7. The number of aliphatic hydroxyl groups is 1. The summed E-state index contributed by atoms with van der Waals surface area (Å²) in [5.41, 5.74) is 5.63. The van der Waals surface area contributed by atoms with Crippen LogP contribution in [0.2, 0.25) is 0 Å². The summed E-state index contributed by atoms with van der Waals surface area (Å²) < 4.78 is 0. The van der Waals surface area contributed by atoms with Crippen molar-refractivity contribution >= 4 is 28.5 Å². The second kappa shape index (κ2) is 10.4. The minimum absolute atomic E-state index is 0.0819. The maximum atomic E-state index is 10.9. The molecule has 7 nitrogen and oxygen atoms in total. The smallest absolute Gasteiger partial charge is 0.328 e. The number of hydrogen-bond acceptors (Lipinski definition) is 5. The molecule has 0 spiro atoms. The summed E-state index contributed by atoms with van der Waals surface area (Å²) in [6.45, 7) is 5.28. The molecule has 0 saturated heterocycles. The molecule has 1 atom stereocenters. The Morgan fingerprint density at radius 1 is 1.12 bits per heavy atom. The molecule has 0 radical (unpaired) electrons. The van der Waals surface area contributed by atoms with Crippen molar-refractivity contribution in [3.05, 3.63) is 83.6 Å². The van der Waals surface area contributed by atoms with Gasteiger partial charge in [0.05, 0.1) is 34.2 Å². The Morgan fingerprint density at radius 2 is 1.79 bits per heavy atom. The molecule has 0 aliphatic heterocycles. The van der Waals surface area contributed by atoms with E-state index >= 15 is 0 Å². The summed E-state index contributed by atoms with van der Waals surface area (Å²) in [6, 6.07) is 18.7. The van der Waals surface area contributed by atoms with E-state index in [0.29, 0.717) is 12.2 Å². The number of fused-ring (bicyclic) bond motifs is 2. The van der Waals surface area contributed by atoms with Crippen molar-refractivity contribution in [2.24, 2.45) is 5.41 Å². The van der Waals surface area contributed by atoms with E-state index in [9.17, 15) is 19.8 Å². The van der Waals surface area contributed by atoms with Gasteiger partial charge in [0.2, 0.25) is 0 Å². The van der Waals surface area contributed by atoms with Gasteiger partial charge in [0.1, 0.15) is 12.2 Å². The molecule has 0 amide bonds. The van der Waals surface area contributed by atoms with Crippen molar-refractivity contribution in [1.29, 1.82) is 0 Å². The second-order valence-electron chi connectivity index (χ2n) is 8.85. The number of carbonyl (C=O) groups excluding carboxylic acids is 1. The number of rotatable bonds is 5. The molecule has 2 aromatic carbocycles. The normalized spacial score (nSPS) is 16.6. The number of aliphatic carboxylic acids is 2. The zero-order valence-electron chi connectivity index (χ0n) is 18.7. The van der Waals surface area contributed by atoms with Crippen molar-refractivity contribution in [2.45, 2.75) is 39.3 Å². The molecule has 1 aromatic heterocycles. The molecule has 1 heterocycles. The fourth-order valence-electron chi connectivity index (χ4n) is 4.16. The lowest BCUT2D eigenvalue weighted by molar-refractivity contribution is -0.588. The molecule has 7 heteroatoms. The lowest BCUT2D eigenvalue weighted by Crippen LogP contribution is -2.76. The predicted octanol–water partition coefficient (Wildman–Crippen LogP) is 2.01. The number of aromatic nitrogens is 1. The highest BCUT2D eigenvalue weighted by molar-refractivity contribution is 5.90. The fraction of sp³-hybridized carbons (Fsp3) is 0.269. The van der Waals surface area contributed by atoms with Crippen molar-refractivity contribution in [3.63, 3.8) is 0 Å². The van der Waals surface area contributed by atoms with Crippen LogP contribution in [0.5, 0.6) is 0 Å². The number of nitrogens with zero attached hydrogens (tertiary/aromatic N) is 1.